The largest absolute Gasteiger partial charge is 0.496 e. The molecule has 0 radical (unpaired) electrons. The number of benzene rings is 1. The molecular formula is C18H22N4O3. The van der Waals surface area contributed by atoms with Gasteiger partial charge < -0.3 is 19.3 Å². The predicted octanol–water partition coefficient (Wildman–Crippen LogP) is 1.84. The van der Waals surface area contributed by atoms with Crippen LogP contribution in [-0.4, -0.2) is 61.2 Å². The van der Waals surface area contributed by atoms with Crippen LogP contribution in [0.5, 0.6) is 11.6 Å². The lowest BCUT2D eigenvalue weighted by molar-refractivity contribution is 0.0768. The highest BCUT2D eigenvalue weighted by molar-refractivity contribution is 5.97. The Labute approximate surface area is 147 Å². The number of methoxy groups -OCH3 is 1. The van der Waals surface area contributed by atoms with E-state index in [-0.39, 0.29) is 12.0 Å². The van der Waals surface area contributed by atoms with E-state index in [0.29, 0.717) is 30.3 Å². The average Bonchev–Trinajstić information content (AvgIpc) is 3.09. The standard InChI is InChI=1S/C18H22N4O3/c1-21(2)16-10-17(20-12-19-16)25-13-8-9-22(11-13)18(23)14-6-4-5-7-15(14)24-3/h4-7,10,12-13H,8-9,11H2,1-3H3. The first kappa shape index (κ1) is 17.0. The molecule has 0 saturated carbocycles. The SMILES string of the molecule is COc1ccccc1C(=O)N1CCC(Oc2cc(N(C)C)ncn2)C1. The number of carbonyl (C=O) groups excluding carboxylic acids is 1. The molecule has 0 bridgehead atoms. The summed E-state index contributed by atoms with van der Waals surface area (Å²) in [6.45, 7) is 1.17. The van der Waals surface area contributed by atoms with Crippen LogP contribution in [0.2, 0.25) is 0 Å². The zero-order valence-electron chi connectivity index (χ0n) is 14.7. The molecule has 3 rings (SSSR count). The quantitative estimate of drug-likeness (QED) is 0.826. The molecule has 0 spiro atoms. The second kappa shape index (κ2) is 7.38. The topological polar surface area (TPSA) is 67.8 Å². The molecule has 7 heteroatoms. The van der Waals surface area contributed by atoms with Gasteiger partial charge in [0.05, 0.1) is 19.2 Å². The summed E-state index contributed by atoms with van der Waals surface area (Å²) < 4.78 is 11.2. The van der Waals surface area contributed by atoms with Crippen molar-refractivity contribution in [2.24, 2.45) is 0 Å². The number of hydrogen-bond donors (Lipinski definition) is 0. The van der Waals surface area contributed by atoms with E-state index in [2.05, 4.69) is 9.97 Å². The van der Waals surface area contributed by atoms with Crippen molar-refractivity contribution in [2.75, 3.05) is 39.2 Å². The number of likely N-dealkylation sites (tertiary alicyclic amines) is 1. The summed E-state index contributed by atoms with van der Waals surface area (Å²) in [5.41, 5.74) is 0.572. The normalized spacial score (nSPS) is 16.6. The summed E-state index contributed by atoms with van der Waals surface area (Å²) in [4.78, 5) is 24.7. The van der Waals surface area contributed by atoms with Gasteiger partial charge in [-0.3, -0.25) is 4.79 Å². The van der Waals surface area contributed by atoms with E-state index >= 15 is 0 Å². The minimum atomic E-state index is -0.0800. The van der Waals surface area contributed by atoms with Crippen molar-refractivity contribution in [3.63, 3.8) is 0 Å². The molecule has 1 saturated heterocycles. The highest BCUT2D eigenvalue weighted by Gasteiger charge is 2.29. The van der Waals surface area contributed by atoms with Crippen LogP contribution in [0.3, 0.4) is 0 Å². The van der Waals surface area contributed by atoms with E-state index < -0.39 is 0 Å². The van der Waals surface area contributed by atoms with Gasteiger partial charge in [0.15, 0.2) is 0 Å². The molecule has 1 unspecified atom stereocenters. The van der Waals surface area contributed by atoms with Crippen molar-refractivity contribution < 1.29 is 14.3 Å². The molecule has 2 heterocycles. The number of para-hydroxylation sites is 1. The first-order valence-electron chi connectivity index (χ1n) is 8.17. The highest BCUT2D eigenvalue weighted by Crippen LogP contribution is 2.24. The van der Waals surface area contributed by atoms with E-state index in [0.717, 1.165) is 12.2 Å². The smallest absolute Gasteiger partial charge is 0.257 e. The Hall–Kier alpha value is -2.83. The molecule has 1 amide bonds. The zero-order valence-corrected chi connectivity index (χ0v) is 14.7. The van der Waals surface area contributed by atoms with Crippen molar-refractivity contribution in [2.45, 2.75) is 12.5 Å². The Balaban J connectivity index is 1.65. The summed E-state index contributed by atoms with van der Waals surface area (Å²) in [5.74, 6) is 1.85. The fraction of sp³-hybridized carbons (Fsp3) is 0.389. The molecule has 132 valence electrons. The van der Waals surface area contributed by atoms with E-state index in [9.17, 15) is 4.79 Å². The van der Waals surface area contributed by atoms with Crippen molar-refractivity contribution in [3.8, 4) is 11.6 Å². The summed E-state index contributed by atoms with van der Waals surface area (Å²) in [5, 5.41) is 0. The van der Waals surface area contributed by atoms with Crippen molar-refractivity contribution in [3.05, 3.63) is 42.2 Å². The Kier molecular flexibility index (Phi) is 5.02. The number of nitrogens with zero attached hydrogens (tertiary/aromatic N) is 4. The van der Waals surface area contributed by atoms with Gasteiger partial charge in [-0.2, -0.15) is 0 Å². The molecule has 1 aliphatic rings. The van der Waals surface area contributed by atoms with Crippen LogP contribution in [0.4, 0.5) is 5.82 Å². The first-order chi connectivity index (χ1) is 12.1. The van der Waals surface area contributed by atoms with Gasteiger partial charge >= 0.3 is 0 Å². The summed E-state index contributed by atoms with van der Waals surface area (Å²) in [6, 6.07) is 9.06. The predicted molar refractivity (Wildman–Crippen MR) is 94.3 cm³/mol. The summed E-state index contributed by atoms with van der Waals surface area (Å²) in [7, 11) is 5.39. The molecule has 7 nitrogen and oxygen atoms in total. The number of aromatic nitrogens is 2. The number of carbonyl (C=O) groups is 1. The number of ether oxygens (including phenoxy) is 2. The van der Waals surface area contributed by atoms with Gasteiger partial charge in [-0.1, -0.05) is 12.1 Å². The molecule has 1 atom stereocenters. The number of rotatable bonds is 5. The molecule has 1 aromatic heterocycles. The average molecular weight is 342 g/mol. The van der Waals surface area contributed by atoms with Crippen molar-refractivity contribution in [1.29, 1.82) is 0 Å². The molecule has 25 heavy (non-hydrogen) atoms. The van der Waals surface area contributed by atoms with E-state index in [1.54, 1.807) is 30.2 Å². The monoisotopic (exact) mass is 342 g/mol. The Morgan fingerprint density at radius 2 is 2.08 bits per heavy atom. The maximum Gasteiger partial charge on any atom is 0.257 e. The van der Waals surface area contributed by atoms with Gasteiger partial charge in [-0.25, -0.2) is 9.97 Å². The molecule has 1 aliphatic heterocycles. The maximum atomic E-state index is 12.7. The van der Waals surface area contributed by atoms with Crippen LogP contribution in [-0.2, 0) is 0 Å². The second-order valence-electron chi connectivity index (χ2n) is 6.09. The van der Waals surface area contributed by atoms with Crippen LogP contribution in [0.1, 0.15) is 16.8 Å². The lowest BCUT2D eigenvalue weighted by Crippen LogP contribution is -2.31. The van der Waals surface area contributed by atoms with Crippen LogP contribution in [0, 0.1) is 0 Å². The van der Waals surface area contributed by atoms with Crippen LogP contribution < -0.4 is 14.4 Å². The van der Waals surface area contributed by atoms with E-state index in [1.165, 1.54) is 6.33 Å². The van der Waals surface area contributed by atoms with Crippen LogP contribution in [0.15, 0.2) is 36.7 Å². The first-order valence-corrected chi connectivity index (χ1v) is 8.17. The zero-order chi connectivity index (χ0) is 17.8. The minimum absolute atomic E-state index is 0.0415. The number of hydrogen-bond acceptors (Lipinski definition) is 6. The second-order valence-corrected chi connectivity index (χ2v) is 6.09. The fourth-order valence-corrected chi connectivity index (χ4v) is 2.81. The van der Waals surface area contributed by atoms with Gasteiger partial charge in [-0.15, -0.1) is 0 Å². The van der Waals surface area contributed by atoms with Crippen LogP contribution in [0.25, 0.3) is 0 Å². The summed E-state index contributed by atoms with van der Waals surface area (Å²) in [6.07, 6.45) is 2.17. The summed E-state index contributed by atoms with van der Waals surface area (Å²) >= 11 is 0. The molecule has 1 aromatic carbocycles. The lowest BCUT2D eigenvalue weighted by Gasteiger charge is -2.18. The van der Waals surface area contributed by atoms with Gasteiger partial charge in [0, 0.05) is 33.1 Å². The Morgan fingerprint density at radius 1 is 1.28 bits per heavy atom. The van der Waals surface area contributed by atoms with E-state index in [1.807, 2.05) is 31.1 Å². The third kappa shape index (κ3) is 3.81. The van der Waals surface area contributed by atoms with Crippen LogP contribution >= 0.6 is 0 Å². The lowest BCUT2D eigenvalue weighted by atomic mass is 10.2. The molecule has 1 fully saturated rings. The van der Waals surface area contributed by atoms with Crippen molar-refractivity contribution >= 4 is 11.7 Å². The molecular weight excluding hydrogens is 320 g/mol. The Bertz CT molecular complexity index is 751. The molecule has 2 aromatic rings. The molecule has 0 N–H and O–H groups in total. The third-order valence-electron chi connectivity index (χ3n) is 4.14. The third-order valence-corrected chi connectivity index (χ3v) is 4.14. The van der Waals surface area contributed by atoms with Crippen molar-refractivity contribution in [1.82, 2.24) is 14.9 Å². The number of anilines is 1. The molecule has 0 aliphatic carbocycles. The van der Waals surface area contributed by atoms with E-state index in [4.69, 9.17) is 9.47 Å². The van der Waals surface area contributed by atoms with Gasteiger partial charge in [-0.05, 0) is 12.1 Å². The van der Waals surface area contributed by atoms with Gasteiger partial charge in [0.1, 0.15) is 24.0 Å². The van der Waals surface area contributed by atoms with Gasteiger partial charge in [0.25, 0.3) is 5.91 Å². The maximum absolute atomic E-state index is 12.7. The minimum Gasteiger partial charge on any atom is -0.496 e. The fourth-order valence-electron chi connectivity index (χ4n) is 2.81. The highest BCUT2D eigenvalue weighted by atomic mass is 16.5. The number of amides is 1. The Morgan fingerprint density at radius 3 is 2.84 bits per heavy atom. The van der Waals surface area contributed by atoms with Gasteiger partial charge in [0.2, 0.25) is 5.88 Å².